The molecule has 0 aromatic carbocycles. The number of aliphatic imine (C=N–C) groups is 1. The fourth-order valence-electron chi connectivity index (χ4n) is 1.23. The molecule has 0 aliphatic carbocycles. The molecule has 1 aliphatic heterocycles. The fourth-order valence-corrected chi connectivity index (χ4v) is 2.18. The van der Waals surface area contributed by atoms with E-state index in [0.717, 1.165) is 17.3 Å². The fraction of sp³-hybridized carbons (Fsp3) is 0.800. The highest BCUT2D eigenvalue weighted by molar-refractivity contribution is 8.14. The maximum Gasteiger partial charge on any atom is 0.305 e. The molecule has 15 heavy (non-hydrogen) atoms. The van der Waals surface area contributed by atoms with Gasteiger partial charge in [0.05, 0.1) is 6.61 Å². The van der Waals surface area contributed by atoms with E-state index >= 15 is 0 Å². The summed E-state index contributed by atoms with van der Waals surface area (Å²) in [6, 6.07) is 0.513. The number of hydrogen-bond acceptors (Lipinski definition) is 4. The number of carbonyl (C=O) groups is 1. The van der Waals surface area contributed by atoms with Gasteiger partial charge in [-0.25, -0.2) is 0 Å². The van der Waals surface area contributed by atoms with Crippen LogP contribution in [0.15, 0.2) is 4.99 Å². The number of nitrogens with one attached hydrogen (secondary N) is 1. The zero-order chi connectivity index (χ0) is 11.1. The molecule has 0 aromatic heterocycles. The second-order valence-electron chi connectivity index (χ2n) is 3.45. The van der Waals surface area contributed by atoms with Gasteiger partial charge in [-0.1, -0.05) is 11.8 Å². The minimum Gasteiger partial charge on any atom is -0.466 e. The quantitative estimate of drug-likeness (QED) is 0.573. The van der Waals surface area contributed by atoms with Crippen molar-refractivity contribution in [3.63, 3.8) is 0 Å². The molecule has 0 saturated carbocycles. The Bertz CT molecular complexity index is 244. The van der Waals surface area contributed by atoms with E-state index in [2.05, 4.69) is 17.2 Å². The van der Waals surface area contributed by atoms with Crippen LogP contribution in [-0.4, -0.2) is 36.1 Å². The van der Waals surface area contributed by atoms with E-state index < -0.39 is 0 Å². The summed E-state index contributed by atoms with van der Waals surface area (Å²) in [5.41, 5.74) is 0. The molecule has 1 heterocycles. The molecule has 0 aromatic rings. The second-order valence-corrected chi connectivity index (χ2v) is 4.46. The summed E-state index contributed by atoms with van der Waals surface area (Å²) in [5, 5.41) is 4.27. The number of thioether (sulfide) groups is 1. The van der Waals surface area contributed by atoms with Crippen LogP contribution in [0.4, 0.5) is 0 Å². The van der Waals surface area contributed by atoms with E-state index in [1.54, 1.807) is 11.8 Å². The molecule has 5 heteroatoms. The Balaban J connectivity index is 2.08. The van der Waals surface area contributed by atoms with Gasteiger partial charge in [0.2, 0.25) is 0 Å². The third-order valence-corrected chi connectivity index (χ3v) is 3.13. The van der Waals surface area contributed by atoms with E-state index in [0.29, 0.717) is 25.6 Å². The molecule has 86 valence electrons. The molecule has 1 unspecified atom stereocenters. The molecule has 1 rings (SSSR count). The maximum atomic E-state index is 11.0. The Morgan fingerprint density at radius 3 is 3.13 bits per heavy atom. The Kier molecular flexibility index (Phi) is 5.53. The first-order chi connectivity index (χ1) is 7.22. The summed E-state index contributed by atoms with van der Waals surface area (Å²) in [7, 11) is 0. The predicted molar refractivity (Wildman–Crippen MR) is 63.2 cm³/mol. The van der Waals surface area contributed by atoms with Crippen molar-refractivity contribution in [1.29, 1.82) is 0 Å². The summed E-state index contributed by atoms with van der Waals surface area (Å²) in [6.45, 7) is 5.11. The van der Waals surface area contributed by atoms with E-state index in [-0.39, 0.29) is 5.97 Å². The monoisotopic (exact) mass is 230 g/mol. The number of ether oxygens (including phenoxy) is 1. The van der Waals surface area contributed by atoms with Crippen LogP contribution in [-0.2, 0) is 9.53 Å². The molecule has 0 radical (unpaired) electrons. The van der Waals surface area contributed by atoms with Crippen LogP contribution in [0.1, 0.15) is 26.7 Å². The van der Waals surface area contributed by atoms with Crippen LogP contribution in [0.3, 0.4) is 0 Å². The highest BCUT2D eigenvalue weighted by atomic mass is 32.2. The average molecular weight is 230 g/mol. The summed E-state index contributed by atoms with van der Waals surface area (Å²) < 4.78 is 4.82. The van der Waals surface area contributed by atoms with Gasteiger partial charge in [-0.05, 0) is 20.3 Å². The molecule has 0 spiro atoms. The van der Waals surface area contributed by atoms with Crippen LogP contribution in [0.5, 0.6) is 0 Å². The van der Waals surface area contributed by atoms with Crippen LogP contribution in [0.25, 0.3) is 0 Å². The molecular formula is C10H18N2O2S. The molecule has 1 fully saturated rings. The Labute approximate surface area is 94.9 Å². The summed E-state index contributed by atoms with van der Waals surface area (Å²) in [5.74, 6) is 0.953. The summed E-state index contributed by atoms with van der Waals surface area (Å²) in [4.78, 5) is 15.4. The first-order valence-corrected chi connectivity index (χ1v) is 6.30. The highest BCUT2D eigenvalue weighted by Gasteiger charge is 2.14. The van der Waals surface area contributed by atoms with Gasteiger partial charge in [-0.2, -0.15) is 0 Å². The zero-order valence-electron chi connectivity index (χ0n) is 9.28. The topological polar surface area (TPSA) is 50.7 Å². The van der Waals surface area contributed by atoms with Gasteiger partial charge in [-0.3, -0.25) is 9.79 Å². The number of rotatable bonds is 5. The van der Waals surface area contributed by atoms with Gasteiger partial charge in [0, 0.05) is 24.8 Å². The van der Waals surface area contributed by atoms with Crippen LogP contribution >= 0.6 is 11.8 Å². The lowest BCUT2D eigenvalue weighted by Gasteiger charge is -2.01. The smallest absolute Gasteiger partial charge is 0.305 e. The van der Waals surface area contributed by atoms with Gasteiger partial charge in [0.1, 0.15) is 0 Å². The van der Waals surface area contributed by atoms with Crippen molar-refractivity contribution >= 4 is 22.9 Å². The Morgan fingerprint density at radius 1 is 1.73 bits per heavy atom. The Hall–Kier alpha value is -0.710. The van der Waals surface area contributed by atoms with Crippen LogP contribution in [0.2, 0.25) is 0 Å². The van der Waals surface area contributed by atoms with Crippen molar-refractivity contribution in [2.45, 2.75) is 32.7 Å². The van der Waals surface area contributed by atoms with Gasteiger partial charge in [0.15, 0.2) is 5.17 Å². The number of amidine groups is 1. The molecule has 1 saturated heterocycles. The van der Waals surface area contributed by atoms with Gasteiger partial charge in [0.25, 0.3) is 0 Å². The third kappa shape index (κ3) is 5.06. The number of nitrogens with zero attached hydrogens (tertiary/aromatic N) is 1. The van der Waals surface area contributed by atoms with Crippen molar-refractivity contribution in [2.75, 3.05) is 18.9 Å². The predicted octanol–water partition coefficient (Wildman–Crippen LogP) is 1.41. The van der Waals surface area contributed by atoms with Crippen molar-refractivity contribution in [3.8, 4) is 0 Å². The van der Waals surface area contributed by atoms with Gasteiger partial charge >= 0.3 is 5.97 Å². The summed E-state index contributed by atoms with van der Waals surface area (Å²) >= 11 is 1.74. The number of esters is 1. The van der Waals surface area contributed by atoms with Crippen molar-refractivity contribution in [2.24, 2.45) is 4.99 Å². The maximum absolute atomic E-state index is 11.0. The SMILES string of the molecule is CCOC(=O)CCCN=C1NC(C)CS1. The molecule has 0 bridgehead atoms. The average Bonchev–Trinajstić information content (AvgIpc) is 2.60. The standard InChI is InChI=1S/C10H18N2O2S/c1-3-14-9(13)5-4-6-11-10-12-8(2)7-15-10/h8H,3-7H2,1-2H3,(H,11,12). The second kappa shape index (κ2) is 6.71. The molecule has 4 nitrogen and oxygen atoms in total. The largest absolute Gasteiger partial charge is 0.466 e. The lowest BCUT2D eigenvalue weighted by Crippen LogP contribution is -2.23. The van der Waals surface area contributed by atoms with Crippen LogP contribution < -0.4 is 5.32 Å². The minimum atomic E-state index is -0.127. The molecular weight excluding hydrogens is 212 g/mol. The first kappa shape index (κ1) is 12.4. The van der Waals surface area contributed by atoms with Crippen molar-refractivity contribution in [1.82, 2.24) is 5.32 Å². The van der Waals surface area contributed by atoms with Crippen molar-refractivity contribution in [3.05, 3.63) is 0 Å². The zero-order valence-corrected chi connectivity index (χ0v) is 10.1. The molecule has 1 N–H and O–H groups in total. The number of hydrogen-bond donors (Lipinski definition) is 1. The normalized spacial score (nSPS) is 22.8. The lowest BCUT2D eigenvalue weighted by atomic mass is 10.3. The third-order valence-electron chi connectivity index (χ3n) is 1.94. The highest BCUT2D eigenvalue weighted by Crippen LogP contribution is 2.12. The van der Waals surface area contributed by atoms with Crippen molar-refractivity contribution < 1.29 is 9.53 Å². The first-order valence-electron chi connectivity index (χ1n) is 5.31. The number of carbonyl (C=O) groups excluding carboxylic acids is 1. The van der Waals surface area contributed by atoms with Gasteiger partial charge < -0.3 is 10.1 Å². The summed E-state index contributed by atoms with van der Waals surface area (Å²) in [6.07, 6.45) is 1.23. The van der Waals surface area contributed by atoms with E-state index in [1.807, 2.05) is 6.92 Å². The molecule has 1 aliphatic rings. The minimum absolute atomic E-state index is 0.127. The molecule has 0 amide bonds. The van der Waals surface area contributed by atoms with E-state index in [9.17, 15) is 4.79 Å². The van der Waals surface area contributed by atoms with E-state index in [1.165, 1.54) is 0 Å². The lowest BCUT2D eigenvalue weighted by molar-refractivity contribution is -0.143. The molecule has 1 atom stereocenters. The van der Waals surface area contributed by atoms with E-state index in [4.69, 9.17) is 4.74 Å². The van der Waals surface area contributed by atoms with Crippen LogP contribution in [0, 0.1) is 0 Å². The van der Waals surface area contributed by atoms with Gasteiger partial charge in [-0.15, -0.1) is 0 Å². The Morgan fingerprint density at radius 2 is 2.53 bits per heavy atom.